The minimum absolute atomic E-state index is 0.265. The summed E-state index contributed by atoms with van der Waals surface area (Å²) in [5.74, 6) is 0.265. The van der Waals surface area contributed by atoms with E-state index >= 15 is 0 Å². The third-order valence-corrected chi connectivity index (χ3v) is 5.01. The molecule has 0 aromatic heterocycles. The van der Waals surface area contributed by atoms with Crippen molar-refractivity contribution in [2.75, 3.05) is 13.1 Å². The second kappa shape index (κ2) is 18.9. The quantitative estimate of drug-likeness (QED) is 0.336. The number of likely N-dealkylation sites (tertiary alicyclic amines) is 1. The third kappa shape index (κ3) is 14.8. The van der Waals surface area contributed by atoms with Crippen LogP contribution in [0.15, 0.2) is 72.9 Å². The van der Waals surface area contributed by atoms with Crippen molar-refractivity contribution in [1.29, 1.82) is 0 Å². The van der Waals surface area contributed by atoms with E-state index in [2.05, 4.69) is 79.8 Å². The molecule has 1 saturated heterocycles. The molecule has 0 aliphatic carbocycles. The molecule has 0 atom stereocenters. The fraction of sp³-hybridized carbons (Fsp3) is 0.519. The Morgan fingerprint density at radius 1 is 0.733 bits per heavy atom. The lowest BCUT2D eigenvalue weighted by atomic mass is 10.1. The average Bonchev–Trinajstić information content (AvgIpc) is 2.75. The Balaban J connectivity index is 1.97. The molecular weight excluding hydrogens is 368 g/mol. The monoisotopic (exact) mass is 410 g/mol. The summed E-state index contributed by atoms with van der Waals surface area (Å²) in [4.78, 5) is 14.1. The minimum atomic E-state index is 0.265. The summed E-state index contributed by atoms with van der Waals surface area (Å²) in [6.07, 6.45) is 35.7. The summed E-state index contributed by atoms with van der Waals surface area (Å²) in [7, 11) is 0. The van der Waals surface area contributed by atoms with Crippen LogP contribution in [-0.4, -0.2) is 29.9 Å². The molecule has 0 aromatic carbocycles. The van der Waals surface area contributed by atoms with Crippen molar-refractivity contribution in [3.05, 3.63) is 72.9 Å². The Morgan fingerprint density at radius 3 is 1.57 bits per heavy atom. The smallest absolute Gasteiger partial charge is 0.222 e. The van der Waals surface area contributed by atoms with E-state index in [9.17, 15) is 4.79 Å². The van der Waals surface area contributed by atoms with Crippen molar-refractivity contribution < 1.29 is 4.79 Å². The lowest BCUT2D eigenvalue weighted by molar-refractivity contribution is -0.132. The maximum atomic E-state index is 12.1. The number of carbonyl (C=O) groups is 1. The SMILES string of the molecule is CCC=CCC=CCC=CCC=CCC=CCC=CCCC(=O)N1CCC(N)CC1. The first-order valence-electron chi connectivity index (χ1n) is 11.7. The number of carbonyl (C=O) groups excluding carboxylic acids is 1. The number of allylic oxidation sites excluding steroid dienone is 12. The molecule has 0 radical (unpaired) electrons. The lowest BCUT2D eigenvalue weighted by Gasteiger charge is -2.30. The van der Waals surface area contributed by atoms with Gasteiger partial charge < -0.3 is 10.6 Å². The van der Waals surface area contributed by atoms with Gasteiger partial charge >= 0.3 is 0 Å². The van der Waals surface area contributed by atoms with Gasteiger partial charge in [0.15, 0.2) is 0 Å². The van der Waals surface area contributed by atoms with E-state index in [1.54, 1.807) is 0 Å². The predicted molar refractivity (Wildman–Crippen MR) is 131 cm³/mol. The van der Waals surface area contributed by atoms with Crippen LogP contribution >= 0.6 is 0 Å². The molecule has 0 spiro atoms. The first-order valence-corrected chi connectivity index (χ1v) is 11.7. The molecule has 1 rings (SSSR count). The van der Waals surface area contributed by atoms with Crippen LogP contribution < -0.4 is 5.73 Å². The maximum absolute atomic E-state index is 12.1. The predicted octanol–water partition coefficient (Wildman–Crippen LogP) is 6.41. The highest BCUT2D eigenvalue weighted by molar-refractivity contribution is 5.76. The molecule has 3 heteroatoms. The average molecular weight is 411 g/mol. The van der Waals surface area contributed by atoms with Gasteiger partial charge in [0, 0.05) is 25.6 Å². The number of nitrogens with zero attached hydrogens (tertiary/aromatic N) is 1. The van der Waals surface area contributed by atoms with Gasteiger partial charge in [0.1, 0.15) is 0 Å². The summed E-state index contributed by atoms with van der Waals surface area (Å²) >= 11 is 0. The number of piperidine rings is 1. The molecule has 3 nitrogen and oxygen atoms in total. The van der Waals surface area contributed by atoms with Crippen molar-refractivity contribution in [2.24, 2.45) is 5.73 Å². The van der Waals surface area contributed by atoms with Gasteiger partial charge in [0.05, 0.1) is 0 Å². The first kappa shape index (κ1) is 25.9. The Hall–Kier alpha value is -2.13. The highest BCUT2D eigenvalue weighted by Crippen LogP contribution is 2.10. The lowest BCUT2D eigenvalue weighted by Crippen LogP contribution is -2.42. The molecule has 0 unspecified atom stereocenters. The molecule has 2 N–H and O–H groups in total. The molecule has 1 heterocycles. The highest BCUT2D eigenvalue weighted by Gasteiger charge is 2.19. The summed E-state index contributed by atoms with van der Waals surface area (Å²) in [5, 5.41) is 0. The molecule has 1 fully saturated rings. The first-order chi connectivity index (χ1) is 14.7. The Labute approximate surface area is 184 Å². The second-order valence-electron chi connectivity index (χ2n) is 7.67. The normalized spacial score (nSPS) is 16.7. The van der Waals surface area contributed by atoms with Crippen molar-refractivity contribution >= 4 is 5.91 Å². The minimum Gasteiger partial charge on any atom is -0.343 e. The zero-order valence-electron chi connectivity index (χ0n) is 18.9. The van der Waals surface area contributed by atoms with Crippen LogP contribution in [0.5, 0.6) is 0 Å². The van der Waals surface area contributed by atoms with Gasteiger partial charge in [-0.1, -0.05) is 79.8 Å². The van der Waals surface area contributed by atoms with Gasteiger partial charge in [-0.3, -0.25) is 4.79 Å². The van der Waals surface area contributed by atoms with E-state index in [0.29, 0.717) is 6.42 Å². The van der Waals surface area contributed by atoms with Crippen LogP contribution in [0, 0.1) is 0 Å². The van der Waals surface area contributed by atoms with Gasteiger partial charge in [-0.25, -0.2) is 0 Å². The third-order valence-electron chi connectivity index (χ3n) is 5.01. The van der Waals surface area contributed by atoms with Crippen LogP contribution in [0.1, 0.15) is 71.1 Å². The van der Waals surface area contributed by atoms with Gasteiger partial charge in [0.25, 0.3) is 0 Å². The molecule has 1 aliphatic rings. The summed E-state index contributed by atoms with van der Waals surface area (Å²) in [5.41, 5.74) is 5.88. The van der Waals surface area contributed by atoms with Gasteiger partial charge in [-0.15, -0.1) is 0 Å². The number of rotatable bonds is 14. The van der Waals surface area contributed by atoms with Crippen LogP contribution in [0.2, 0.25) is 0 Å². The Morgan fingerprint density at radius 2 is 1.13 bits per heavy atom. The number of hydrogen-bond donors (Lipinski definition) is 1. The van der Waals surface area contributed by atoms with E-state index in [0.717, 1.165) is 70.9 Å². The number of nitrogens with two attached hydrogens (primary N) is 1. The van der Waals surface area contributed by atoms with Crippen molar-refractivity contribution in [2.45, 2.75) is 77.2 Å². The Kier molecular flexibility index (Phi) is 16.3. The summed E-state index contributed by atoms with van der Waals surface area (Å²) < 4.78 is 0. The van der Waals surface area contributed by atoms with Gasteiger partial charge in [-0.2, -0.15) is 0 Å². The van der Waals surface area contributed by atoms with Crippen LogP contribution in [0.3, 0.4) is 0 Å². The van der Waals surface area contributed by atoms with Gasteiger partial charge in [0.2, 0.25) is 5.91 Å². The largest absolute Gasteiger partial charge is 0.343 e. The molecular formula is C27H42N2O. The zero-order chi connectivity index (χ0) is 21.7. The number of hydrogen-bond acceptors (Lipinski definition) is 2. The molecule has 1 aliphatic heterocycles. The maximum Gasteiger partial charge on any atom is 0.222 e. The molecule has 1 amide bonds. The zero-order valence-corrected chi connectivity index (χ0v) is 18.9. The van der Waals surface area contributed by atoms with E-state index in [-0.39, 0.29) is 11.9 Å². The molecule has 0 saturated carbocycles. The number of amides is 1. The van der Waals surface area contributed by atoms with Crippen LogP contribution in [0.4, 0.5) is 0 Å². The molecule has 30 heavy (non-hydrogen) atoms. The van der Waals surface area contributed by atoms with Crippen LogP contribution in [-0.2, 0) is 4.79 Å². The van der Waals surface area contributed by atoms with E-state index < -0.39 is 0 Å². The van der Waals surface area contributed by atoms with E-state index in [1.807, 2.05) is 4.90 Å². The second-order valence-corrected chi connectivity index (χ2v) is 7.67. The Bertz CT molecular complexity index is 602. The standard InChI is InChI=1S/C27H42N2O/c1-2-3-4-5-6-7-8-9-10-11-12-13-14-15-16-17-18-19-20-21-27(30)29-24-22-26(28)23-25-29/h3-4,6-7,9-10,12-13,15-16,18-19,26H,2,5,8,11,14,17,20-25,28H2,1H3. The summed E-state index contributed by atoms with van der Waals surface area (Å²) in [6, 6.07) is 0.275. The molecule has 0 bridgehead atoms. The molecule has 0 aromatic rings. The van der Waals surface area contributed by atoms with E-state index in [4.69, 9.17) is 5.73 Å². The van der Waals surface area contributed by atoms with Crippen LogP contribution in [0.25, 0.3) is 0 Å². The summed E-state index contributed by atoms with van der Waals surface area (Å²) in [6.45, 7) is 3.80. The van der Waals surface area contributed by atoms with Crippen molar-refractivity contribution in [3.63, 3.8) is 0 Å². The fourth-order valence-electron chi connectivity index (χ4n) is 3.15. The van der Waals surface area contributed by atoms with Crippen molar-refractivity contribution in [3.8, 4) is 0 Å². The highest BCUT2D eigenvalue weighted by atomic mass is 16.2. The van der Waals surface area contributed by atoms with Gasteiger partial charge in [-0.05, 0) is 57.8 Å². The van der Waals surface area contributed by atoms with Crippen molar-refractivity contribution in [1.82, 2.24) is 4.90 Å². The topological polar surface area (TPSA) is 46.3 Å². The fourth-order valence-corrected chi connectivity index (χ4v) is 3.15. The molecule has 166 valence electrons. The van der Waals surface area contributed by atoms with E-state index in [1.165, 1.54) is 0 Å².